The molecule has 1 aliphatic rings. The number of hydrogen-bond acceptors (Lipinski definition) is 2. The lowest BCUT2D eigenvalue weighted by atomic mass is 9.83. The molecule has 0 spiro atoms. The van der Waals surface area contributed by atoms with Crippen molar-refractivity contribution in [1.82, 2.24) is 0 Å². The molecule has 2 N–H and O–H groups in total. The summed E-state index contributed by atoms with van der Waals surface area (Å²) >= 11 is 3.43. The fourth-order valence-electron chi connectivity index (χ4n) is 2.18. The smallest absolute Gasteiger partial charge is 0.120 e. The summed E-state index contributed by atoms with van der Waals surface area (Å²) in [6.07, 6.45) is 5.95. The average molecular weight is 284 g/mol. The highest BCUT2D eigenvalue weighted by Crippen LogP contribution is 2.27. The molecule has 1 saturated carbocycles. The van der Waals surface area contributed by atoms with Crippen LogP contribution in [-0.2, 0) is 0 Å². The Morgan fingerprint density at radius 3 is 2.69 bits per heavy atom. The fraction of sp³-hybridized carbons (Fsp3) is 0.538. The molecule has 16 heavy (non-hydrogen) atoms. The van der Waals surface area contributed by atoms with Crippen molar-refractivity contribution in [2.75, 3.05) is 6.61 Å². The SMILES string of the molecule is NC1(COc2cccc(Br)c2)CCCCC1. The van der Waals surface area contributed by atoms with E-state index in [0.717, 1.165) is 23.1 Å². The fourth-order valence-corrected chi connectivity index (χ4v) is 2.56. The van der Waals surface area contributed by atoms with Crippen LogP contribution < -0.4 is 10.5 Å². The lowest BCUT2D eigenvalue weighted by molar-refractivity contribution is 0.173. The van der Waals surface area contributed by atoms with Crippen LogP contribution in [0, 0.1) is 0 Å². The summed E-state index contributed by atoms with van der Waals surface area (Å²) in [6, 6.07) is 7.91. The second kappa shape index (κ2) is 5.19. The van der Waals surface area contributed by atoms with E-state index in [-0.39, 0.29) is 5.54 Å². The van der Waals surface area contributed by atoms with Gasteiger partial charge in [-0.1, -0.05) is 41.3 Å². The number of nitrogens with two attached hydrogens (primary N) is 1. The molecule has 88 valence electrons. The third-order valence-electron chi connectivity index (χ3n) is 3.17. The summed E-state index contributed by atoms with van der Waals surface area (Å²) in [4.78, 5) is 0. The quantitative estimate of drug-likeness (QED) is 0.922. The Bertz CT molecular complexity index is 348. The maximum Gasteiger partial charge on any atom is 0.120 e. The van der Waals surface area contributed by atoms with Crippen LogP contribution in [0.4, 0.5) is 0 Å². The van der Waals surface area contributed by atoms with E-state index < -0.39 is 0 Å². The first-order valence-electron chi connectivity index (χ1n) is 5.85. The van der Waals surface area contributed by atoms with Crippen LogP contribution in [0.2, 0.25) is 0 Å². The first-order valence-corrected chi connectivity index (χ1v) is 6.65. The second-order valence-corrected chi connectivity index (χ2v) is 5.58. The Morgan fingerprint density at radius 1 is 1.25 bits per heavy atom. The molecular weight excluding hydrogens is 266 g/mol. The molecule has 3 heteroatoms. The number of halogens is 1. The van der Waals surface area contributed by atoms with Crippen molar-refractivity contribution in [1.29, 1.82) is 0 Å². The van der Waals surface area contributed by atoms with E-state index in [1.165, 1.54) is 19.3 Å². The summed E-state index contributed by atoms with van der Waals surface area (Å²) in [5.41, 5.74) is 6.20. The van der Waals surface area contributed by atoms with Gasteiger partial charge in [0.15, 0.2) is 0 Å². The standard InChI is InChI=1S/C13H18BrNO/c14-11-5-4-6-12(9-11)16-10-13(15)7-2-1-3-8-13/h4-6,9H,1-3,7-8,10,15H2. The Hall–Kier alpha value is -0.540. The normalized spacial score (nSPS) is 19.4. The van der Waals surface area contributed by atoms with Gasteiger partial charge in [0, 0.05) is 4.47 Å². The molecule has 1 fully saturated rings. The summed E-state index contributed by atoms with van der Waals surface area (Å²) < 4.78 is 6.82. The number of benzene rings is 1. The first-order chi connectivity index (χ1) is 7.68. The zero-order valence-corrected chi connectivity index (χ0v) is 11.0. The molecule has 0 heterocycles. The van der Waals surface area contributed by atoms with E-state index in [1.54, 1.807) is 0 Å². The highest BCUT2D eigenvalue weighted by molar-refractivity contribution is 9.10. The molecule has 0 atom stereocenters. The number of rotatable bonds is 3. The van der Waals surface area contributed by atoms with Crippen molar-refractivity contribution in [3.8, 4) is 5.75 Å². The van der Waals surface area contributed by atoms with E-state index in [0.29, 0.717) is 6.61 Å². The van der Waals surface area contributed by atoms with Crippen LogP contribution in [-0.4, -0.2) is 12.1 Å². The Balaban J connectivity index is 1.91. The minimum Gasteiger partial charge on any atom is -0.492 e. The van der Waals surface area contributed by atoms with E-state index in [2.05, 4.69) is 15.9 Å². The number of ether oxygens (including phenoxy) is 1. The van der Waals surface area contributed by atoms with Gasteiger partial charge in [0.2, 0.25) is 0 Å². The van der Waals surface area contributed by atoms with Gasteiger partial charge in [0.25, 0.3) is 0 Å². The van der Waals surface area contributed by atoms with Gasteiger partial charge in [-0.25, -0.2) is 0 Å². The molecule has 0 unspecified atom stereocenters. The van der Waals surface area contributed by atoms with Crippen molar-refractivity contribution in [2.45, 2.75) is 37.6 Å². The molecule has 0 aromatic heterocycles. The van der Waals surface area contributed by atoms with E-state index in [1.807, 2.05) is 24.3 Å². The molecule has 2 nitrogen and oxygen atoms in total. The van der Waals surface area contributed by atoms with Gasteiger partial charge in [-0.05, 0) is 31.0 Å². The molecule has 1 aromatic carbocycles. The van der Waals surface area contributed by atoms with E-state index in [9.17, 15) is 0 Å². The van der Waals surface area contributed by atoms with Gasteiger partial charge < -0.3 is 10.5 Å². The summed E-state index contributed by atoms with van der Waals surface area (Å²) in [5, 5.41) is 0. The molecule has 0 saturated heterocycles. The van der Waals surface area contributed by atoms with Crippen LogP contribution in [0.5, 0.6) is 5.75 Å². The maximum absolute atomic E-state index is 6.31. The average Bonchev–Trinajstić information content (AvgIpc) is 2.28. The molecule has 1 aromatic rings. The molecular formula is C13H18BrNO. The molecule has 1 aliphatic carbocycles. The van der Waals surface area contributed by atoms with Gasteiger partial charge in [0.1, 0.15) is 12.4 Å². The monoisotopic (exact) mass is 283 g/mol. The zero-order chi connectivity index (χ0) is 11.4. The molecule has 0 radical (unpaired) electrons. The van der Waals surface area contributed by atoms with Crippen LogP contribution >= 0.6 is 15.9 Å². The summed E-state index contributed by atoms with van der Waals surface area (Å²) in [6.45, 7) is 0.628. The van der Waals surface area contributed by atoms with E-state index >= 15 is 0 Å². The van der Waals surface area contributed by atoms with Crippen molar-refractivity contribution < 1.29 is 4.74 Å². The Kier molecular flexibility index (Phi) is 3.87. The third-order valence-corrected chi connectivity index (χ3v) is 3.66. The second-order valence-electron chi connectivity index (χ2n) is 4.67. The van der Waals surface area contributed by atoms with Crippen molar-refractivity contribution in [3.63, 3.8) is 0 Å². The highest BCUT2D eigenvalue weighted by Gasteiger charge is 2.28. The topological polar surface area (TPSA) is 35.2 Å². The number of hydrogen-bond donors (Lipinski definition) is 1. The maximum atomic E-state index is 6.31. The molecule has 2 rings (SSSR count). The summed E-state index contributed by atoms with van der Waals surface area (Å²) in [5.74, 6) is 0.893. The van der Waals surface area contributed by atoms with Gasteiger partial charge in [-0.15, -0.1) is 0 Å². The van der Waals surface area contributed by atoms with Crippen LogP contribution in [0.25, 0.3) is 0 Å². The lowest BCUT2D eigenvalue weighted by Gasteiger charge is -2.33. The minimum absolute atomic E-state index is 0.111. The van der Waals surface area contributed by atoms with E-state index in [4.69, 9.17) is 10.5 Å². The van der Waals surface area contributed by atoms with Gasteiger partial charge >= 0.3 is 0 Å². The van der Waals surface area contributed by atoms with Gasteiger partial charge in [0.05, 0.1) is 5.54 Å². The molecule has 0 amide bonds. The molecule has 0 bridgehead atoms. The van der Waals surface area contributed by atoms with Crippen LogP contribution in [0.3, 0.4) is 0 Å². The van der Waals surface area contributed by atoms with Crippen LogP contribution in [0.15, 0.2) is 28.7 Å². The van der Waals surface area contributed by atoms with Crippen LogP contribution in [0.1, 0.15) is 32.1 Å². The van der Waals surface area contributed by atoms with Crippen molar-refractivity contribution >= 4 is 15.9 Å². The minimum atomic E-state index is -0.111. The van der Waals surface area contributed by atoms with Crippen molar-refractivity contribution in [3.05, 3.63) is 28.7 Å². The predicted molar refractivity (Wildman–Crippen MR) is 69.6 cm³/mol. The van der Waals surface area contributed by atoms with Gasteiger partial charge in [-0.2, -0.15) is 0 Å². The van der Waals surface area contributed by atoms with Gasteiger partial charge in [-0.3, -0.25) is 0 Å². The Morgan fingerprint density at radius 2 is 2.00 bits per heavy atom. The summed E-state index contributed by atoms with van der Waals surface area (Å²) in [7, 11) is 0. The highest BCUT2D eigenvalue weighted by atomic mass is 79.9. The predicted octanol–water partition coefficient (Wildman–Crippen LogP) is 3.49. The third kappa shape index (κ3) is 3.22. The molecule has 0 aliphatic heterocycles. The Labute approximate surface area is 105 Å². The van der Waals surface area contributed by atoms with Crippen molar-refractivity contribution in [2.24, 2.45) is 5.73 Å². The first kappa shape index (κ1) is 11.9. The zero-order valence-electron chi connectivity index (χ0n) is 9.42. The lowest BCUT2D eigenvalue weighted by Crippen LogP contribution is -2.47. The largest absolute Gasteiger partial charge is 0.492 e.